The number of nitrogens with zero attached hydrogens (tertiary/aromatic N) is 7. The van der Waals surface area contributed by atoms with Gasteiger partial charge in [0.05, 0.1) is 54.1 Å². The maximum Gasteiger partial charge on any atom is 0.314 e. The van der Waals surface area contributed by atoms with Crippen molar-refractivity contribution in [1.29, 1.82) is 0 Å². The topological polar surface area (TPSA) is 91.1 Å². The van der Waals surface area contributed by atoms with Crippen molar-refractivity contribution in [3.63, 3.8) is 0 Å². The largest absolute Gasteiger partial charge is 0.415 e. The van der Waals surface area contributed by atoms with Crippen LogP contribution in [0.15, 0.2) is 34.9 Å². The minimum Gasteiger partial charge on any atom is -0.415 e. The highest BCUT2D eigenvalue weighted by molar-refractivity contribution is 5.87. The smallest absolute Gasteiger partial charge is 0.314 e. The number of amides is 1. The van der Waals surface area contributed by atoms with E-state index in [1.807, 2.05) is 4.90 Å². The Bertz CT molecular complexity index is 1360. The number of hydrogen-bond acceptors (Lipinski definition) is 9. The van der Waals surface area contributed by atoms with Gasteiger partial charge < -0.3 is 23.9 Å². The molecule has 0 radical (unpaired) electrons. The van der Waals surface area contributed by atoms with Gasteiger partial charge in [-0.25, -0.2) is 4.39 Å². The summed E-state index contributed by atoms with van der Waals surface area (Å²) in [6, 6.07) is 7.15. The lowest BCUT2D eigenvalue weighted by atomic mass is 9.91. The number of piperazine rings is 1. The Hall–Kier alpha value is -3.71. The van der Waals surface area contributed by atoms with Gasteiger partial charge in [-0.15, -0.1) is 10.2 Å². The Labute approximate surface area is 235 Å². The standard InChI is InChI=1S/C28H32F3N7O3/c1-35(14-19-6-5-18(13-32-19)27-33-34-28(41-27)26(30)31)24-11-22(29)23(12-25(24)38(17-39)21-15-40-16-21)37-9-7-36(8-10-37)20-3-2-4-20/h5-6,11-13,17,20-21,26H,2-4,7-10,14-16H2,1H3. The van der Waals surface area contributed by atoms with Gasteiger partial charge in [-0.1, -0.05) is 6.42 Å². The summed E-state index contributed by atoms with van der Waals surface area (Å²) in [7, 11) is 1.80. The van der Waals surface area contributed by atoms with Crippen LogP contribution < -0.4 is 14.7 Å². The zero-order valence-corrected chi connectivity index (χ0v) is 22.8. The number of carbonyl (C=O) groups excluding carboxylic acids is 1. The molecule has 1 amide bonds. The molecule has 2 aromatic heterocycles. The molecule has 1 aromatic carbocycles. The number of ether oxygens (including phenoxy) is 1. The fourth-order valence-electron chi connectivity index (χ4n) is 5.51. The zero-order chi connectivity index (χ0) is 28.5. The van der Waals surface area contributed by atoms with Crippen LogP contribution in [0.25, 0.3) is 11.5 Å². The number of halogens is 3. The maximum atomic E-state index is 15.7. The molecule has 41 heavy (non-hydrogen) atoms. The van der Waals surface area contributed by atoms with Crippen LogP contribution in [0.2, 0.25) is 0 Å². The van der Waals surface area contributed by atoms with Gasteiger partial charge in [0, 0.05) is 51.5 Å². The third-order valence-electron chi connectivity index (χ3n) is 8.21. The summed E-state index contributed by atoms with van der Waals surface area (Å²) in [4.78, 5) is 24.7. The molecule has 0 bridgehead atoms. The van der Waals surface area contributed by atoms with Crippen LogP contribution >= 0.6 is 0 Å². The Morgan fingerprint density at radius 2 is 1.88 bits per heavy atom. The third kappa shape index (κ3) is 5.60. The molecule has 0 N–H and O–H groups in total. The number of pyridine rings is 1. The number of rotatable bonds is 10. The van der Waals surface area contributed by atoms with Crippen LogP contribution in [0.5, 0.6) is 0 Å². The van der Waals surface area contributed by atoms with Gasteiger partial charge in [0.2, 0.25) is 12.3 Å². The Balaban J connectivity index is 1.23. The first-order valence-corrected chi connectivity index (χ1v) is 13.8. The predicted molar refractivity (Wildman–Crippen MR) is 146 cm³/mol. The molecule has 1 saturated carbocycles. The van der Waals surface area contributed by atoms with Crippen molar-refractivity contribution >= 4 is 23.5 Å². The molecule has 1 aliphatic carbocycles. The minimum atomic E-state index is -2.85. The van der Waals surface area contributed by atoms with Crippen molar-refractivity contribution in [3.05, 3.63) is 47.9 Å². The molecule has 3 fully saturated rings. The highest BCUT2D eigenvalue weighted by Crippen LogP contribution is 2.38. The summed E-state index contributed by atoms with van der Waals surface area (Å²) < 4.78 is 51.6. The molecule has 0 spiro atoms. The first kappa shape index (κ1) is 27.5. The quantitative estimate of drug-likeness (QED) is 0.336. The number of carbonyl (C=O) groups is 1. The third-order valence-corrected chi connectivity index (χ3v) is 8.21. The van der Waals surface area contributed by atoms with Gasteiger partial charge in [0.15, 0.2) is 0 Å². The lowest BCUT2D eigenvalue weighted by Crippen LogP contribution is -2.52. The van der Waals surface area contributed by atoms with E-state index in [0.29, 0.717) is 54.1 Å². The van der Waals surface area contributed by atoms with Crippen LogP contribution in [0, 0.1) is 5.82 Å². The van der Waals surface area contributed by atoms with Crippen LogP contribution in [-0.4, -0.2) is 85.0 Å². The van der Waals surface area contributed by atoms with Crippen molar-refractivity contribution in [2.75, 3.05) is 61.1 Å². The van der Waals surface area contributed by atoms with Crippen molar-refractivity contribution in [2.45, 2.75) is 44.3 Å². The molecule has 10 nitrogen and oxygen atoms in total. The maximum absolute atomic E-state index is 15.7. The second kappa shape index (κ2) is 11.6. The van der Waals surface area contributed by atoms with Crippen molar-refractivity contribution in [1.82, 2.24) is 20.1 Å². The molecule has 0 atom stereocenters. The molecule has 13 heteroatoms. The Morgan fingerprint density at radius 1 is 1.10 bits per heavy atom. The van der Waals surface area contributed by atoms with Gasteiger partial charge in [-0.2, -0.15) is 8.78 Å². The fourth-order valence-corrected chi connectivity index (χ4v) is 5.51. The van der Waals surface area contributed by atoms with E-state index in [0.717, 1.165) is 32.6 Å². The van der Waals surface area contributed by atoms with E-state index in [9.17, 15) is 13.6 Å². The molecule has 3 aliphatic rings. The number of anilines is 3. The summed E-state index contributed by atoms with van der Waals surface area (Å²) >= 11 is 0. The highest BCUT2D eigenvalue weighted by atomic mass is 19.3. The lowest BCUT2D eigenvalue weighted by molar-refractivity contribution is -0.110. The van der Waals surface area contributed by atoms with Gasteiger partial charge >= 0.3 is 6.43 Å². The second-order valence-electron chi connectivity index (χ2n) is 10.7. The minimum absolute atomic E-state index is 0.0505. The van der Waals surface area contributed by atoms with Crippen LogP contribution in [0.1, 0.15) is 37.3 Å². The van der Waals surface area contributed by atoms with E-state index in [1.54, 1.807) is 30.1 Å². The van der Waals surface area contributed by atoms with Crippen LogP contribution in [0.4, 0.5) is 30.2 Å². The molecular formula is C28H32F3N7O3. The molecule has 0 unspecified atom stereocenters. The summed E-state index contributed by atoms with van der Waals surface area (Å²) in [5.74, 6) is -1.15. The highest BCUT2D eigenvalue weighted by Gasteiger charge is 2.32. The first-order valence-electron chi connectivity index (χ1n) is 13.8. The Kier molecular flexibility index (Phi) is 7.80. The number of aromatic nitrogens is 3. The first-order chi connectivity index (χ1) is 19.9. The van der Waals surface area contributed by atoms with E-state index in [-0.39, 0.29) is 17.7 Å². The van der Waals surface area contributed by atoms with E-state index in [1.165, 1.54) is 31.5 Å². The summed E-state index contributed by atoms with van der Waals surface area (Å²) in [6.07, 6.45) is 3.15. The number of benzene rings is 1. The number of hydrogen-bond donors (Lipinski definition) is 0. The second-order valence-corrected chi connectivity index (χ2v) is 10.7. The zero-order valence-electron chi connectivity index (χ0n) is 22.8. The van der Waals surface area contributed by atoms with Crippen LogP contribution in [0.3, 0.4) is 0 Å². The molecule has 4 heterocycles. The molecule has 218 valence electrons. The predicted octanol–water partition coefficient (Wildman–Crippen LogP) is 3.88. The molecule has 6 rings (SSSR count). The molecule has 3 aromatic rings. The molecule has 2 saturated heterocycles. The van der Waals surface area contributed by atoms with E-state index in [2.05, 4.69) is 25.0 Å². The summed E-state index contributed by atoms with van der Waals surface area (Å²) in [5, 5.41) is 6.99. The normalized spacial score (nSPS) is 18.3. The van der Waals surface area contributed by atoms with Crippen molar-refractivity contribution in [3.8, 4) is 11.5 Å². The van der Waals surface area contributed by atoms with Gasteiger partial charge in [-0.3, -0.25) is 14.7 Å². The number of alkyl halides is 2. The van der Waals surface area contributed by atoms with Gasteiger partial charge in [-0.05, 0) is 31.0 Å². The lowest BCUT2D eigenvalue weighted by Gasteiger charge is -2.44. The molecular weight excluding hydrogens is 539 g/mol. The Morgan fingerprint density at radius 3 is 2.44 bits per heavy atom. The monoisotopic (exact) mass is 571 g/mol. The average Bonchev–Trinajstić information content (AvgIpc) is 3.41. The average molecular weight is 572 g/mol. The van der Waals surface area contributed by atoms with Crippen molar-refractivity contribution in [2.24, 2.45) is 0 Å². The summed E-state index contributed by atoms with van der Waals surface area (Å²) in [5.41, 5.74) is 2.68. The van der Waals surface area contributed by atoms with Gasteiger partial charge in [0.25, 0.3) is 5.89 Å². The fraction of sp³-hybridized carbons (Fsp3) is 0.500. The SMILES string of the molecule is CN(Cc1ccc(-c2nnc(C(F)F)o2)cn1)c1cc(F)c(N2CCN(C3CCC3)CC2)cc1N(C=O)C1COC1. The molecule has 2 aliphatic heterocycles. The summed E-state index contributed by atoms with van der Waals surface area (Å²) in [6.45, 7) is 4.37. The van der Waals surface area contributed by atoms with Gasteiger partial charge in [0.1, 0.15) is 5.82 Å². The van der Waals surface area contributed by atoms with Crippen LogP contribution in [-0.2, 0) is 16.1 Å². The van der Waals surface area contributed by atoms with Crippen molar-refractivity contribution < 1.29 is 27.1 Å². The van der Waals surface area contributed by atoms with E-state index in [4.69, 9.17) is 9.15 Å². The van der Waals surface area contributed by atoms with E-state index < -0.39 is 12.3 Å². The van der Waals surface area contributed by atoms with E-state index >= 15 is 4.39 Å².